The van der Waals surface area contributed by atoms with Crippen LogP contribution in [0.4, 0.5) is 0 Å². The number of thiophene rings is 1. The lowest BCUT2D eigenvalue weighted by Crippen LogP contribution is -2.57. The van der Waals surface area contributed by atoms with E-state index in [0.717, 1.165) is 41.0 Å². The summed E-state index contributed by atoms with van der Waals surface area (Å²) in [7, 11) is 0. The van der Waals surface area contributed by atoms with E-state index in [0.29, 0.717) is 29.5 Å². The summed E-state index contributed by atoms with van der Waals surface area (Å²) in [6.07, 6.45) is 11.6. The van der Waals surface area contributed by atoms with E-state index < -0.39 is 5.97 Å². The Kier molecular flexibility index (Phi) is 5.80. The van der Waals surface area contributed by atoms with Gasteiger partial charge in [-0.2, -0.15) is 0 Å². The Morgan fingerprint density at radius 3 is 2.26 bits per heavy atom. The molecule has 2 N–H and O–H groups in total. The number of carboxylic acid groups (broad SMARTS) is 1. The van der Waals surface area contributed by atoms with Gasteiger partial charge in [0.25, 0.3) is 5.91 Å². The SMILES string of the molecule is Cc1sc(C)c(C(=O)c2ccc(C3=CCCC=C3)cc2)c1C(=O)NC1CC2(C1)CC(C(=O)O)C2. The van der Waals surface area contributed by atoms with Crippen molar-refractivity contribution in [2.75, 3.05) is 0 Å². The number of hydrogen-bond acceptors (Lipinski definition) is 4. The van der Waals surface area contributed by atoms with Crippen LogP contribution >= 0.6 is 11.3 Å². The van der Waals surface area contributed by atoms with E-state index in [2.05, 4.69) is 23.5 Å². The van der Waals surface area contributed by atoms with Gasteiger partial charge in [0.05, 0.1) is 11.5 Å². The Bertz CT molecular complexity index is 1220. The molecule has 34 heavy (non-hydrogen) atoms. The zero-order valence-electron chi connectivity index (χ0n) is 19.5. The molecule has 0 unspecified atom stereocenters. The van der Waals surface area contributed by atoms with Crippen molar-refractivity contribution in [1.29, 1.82) is 0 Å². The number of allylic oxidation sites excluding steroid dienone is 4. The van der Waals surface area contributed by atoms with Gasteiger partial charge in [0.2, 0.25) is 0 Å². The van der Waals surface area contributed by atoms with Crippen molar-refractivity contribution >= 4 is 34.6 Å². The summed E-state index contributed by atoms with van der Waals surface area (Å²) in [6, 6.07) is 7.68. The Balaban J connectivity index is 1.30. The quantitative estimate of drug-likeness (QED) is 0.525. The summed E-state index contributed by atoms with van der Waals surface area (Å²) in [5, 5.41) is 12.2. The number of amides is 1. The zero-order chi connectivity index (χ0) is 24.0. The topological polar surface area (TPSA) is 83.5 Å². The van der Waals surface area contributed by atoms with Crippen LogP contribution in [0.3, 0.4) is 0 Å². The fraction of sp³-hybridized carbons (Fsp3) is 0.393. The predicted octanol–water partition coefficient (Wildman–Crippen LogP) is 5.70. The summed E-state index contributed by atoms with van der Waals surface area (Å²) in [5.74, 6) is -1.28. The summed E-state index contributed by atoms with van der Waals surface area (Å²) in [4.78, 5) is 39.5. The molecule has 1 aromatic heterocycles. The molecule has 1 spiro atoms. The molecule has 3 aliphatic rings. The van der Waals surface area contributed by atoms with E-state index in [-0.39, 0.29) is 29.1 Å². The van der Waals surface area contributed by atoms with Crippen LogP contribution in [-0.4, -0.2) is 28.8 Å². The lowest BCUT2D eigenvalue weighted by molar-refractivity contribution is -0.155. The first kappa shape index (κ1) is 22.8. The lowest BCUT2D eigenvalue weighted by Gasteiger charge is -2.56. The second-order valence-corrected chi connectivity index (χ2v) is 11.5. The van der Waals surface area contributed by atoms with Crippen LogP contribution in [0.25, 0.3) is 5.57 Å². The van der Waals surface area contributed by atoms with Crippen LogP contribution in [0.2, 0.25) is 0 Å². The van der Waals surface area contributed by atoms with Crippen LogP contribution in [-0.2, 0) is 4.79 Å². The molecular formula is C28H29NO4S. The minimum absolute atomic E-state index is 0.0425. The first-order valence-electron chi connectivity index (χ1n) is 11.9. The number of nitrogens with one attached hydrogen (secondary N) is 1. The van der Waals surface area contributed by atoms with Crippen LogP contribution < -0.4 is 5.32 Å². The predicted molar refractivity (Wildman–Crippen MR) is 133 cm³/mol. The zero-order valence-corrected chi connectivity index (χ0v) is 20.3. The lowest BCUT2D eigenvalue weighted by atomic mass is 9.50. The molecule has 5 nitrogen and oxygen atoms in total. The van der Waals surface area contributed by atoms with Crippen molar-refractivity contribution in [2.24, 2.45) is 11.3 Å². The first-order valence-corrected chi connectivity index (χ1v) is 12.7. The molecule has 1 aromatic carbocycles. The van der Waals surface area contributed by atoms with Crippen LogP contribution in [0, 0.1) is 25.2 Å². The molecule has 0 bridgehead atoms. The Morgan fingerprint density at radius 1 is 0.971 bits per heavy atom. The highest BCUT2D eigenvalue weighted by Crippen LogP contribution is 2.58. The molecule has 2 saturated carbocycles. The minimum Gasteiger partial charge on any atom is -0.481 e. The van der Waals surface area contributed by atoms with Crippen LogP contribution in [0.5, 0.6) is 0 Å². The van der Waals surface area contributed by atoms with E-state index in [4.69, 9.17) is 5.11 Å². The maximum Gasteiger partial charge on any atom is 0.306 e. The van der Waals surface area contributed by atoms with Gasteiger partial charge in [-0.3, -0.25) is 14.4 Å². The number of aliphatic carboxylic acids is 1. The number of ketones is 1. The Labute approximate surface area is 203 Å². The van der Waals surface area contributed by atoms with Crippen molar-refractivity contribution in [3.8, 4) is 0 Å². The van der Waals surface area contributed by atoms with Gasteiger partial charge in [-0.05, 0) is 68.9 Å². The van der Waals surface area contributed by atoms with E-state index in [9.17, 15) is 14.4 Å². The summed E-state index contributed by atoms with van der Waals surface area (Å²) in [5.41, 5.74) is 3.90. The average Bonchev–Trinajstić information content (AvgIpc) is 3.08. The first-order chi connectivity index (χ1) is 16.3. The number of aryl methyl sites for hydroxylation is 2. The molecule has 0 radical (unpaired) electrons. The van der Waals surface area contributed by atoms with Gasteiger partial charge in [-0.1, -0.05) is 42.5 Å². The third-order valence-electron chi connectivity index (χ3n) is 7.59. The largest absolute Gasteiger partial charge is 0.481 e. The van der Waals surface area contributed by atoms with E-state index >= 15 is 0 Å². The second kappa shape index (κ2) is 8.66. The van der Waals surface area contributed by atoms with Gasteiger partial charge < -0.3 is 10.4 Å². The normalized spacial score (nSPS) is 25.3. The summed E-state index contributed by atoms with van der Waals surface area (Å²) >= 11 is 1.48. The Hall–Kier alpha value is -2.99. The molecule has 3 aliphatic carbocycles. The highest BCUT2D eigenvalue weighted by molar-refractivity contribution is 7.12. The van der Waals surface area contributed by atoms with Gasteiger partial charge in [0.15, 0.2) is 5.78 Å². The number of rotatable bonds is 6. The molecule has 1 heterocycles. The molecule has 6 heteroatoms. The molecule has 2 aromatic rings. The fourth-order valence-electron chi connectivity index (χ4n) is 5.86. The minimum atomic E-state index is -0.717. The van der Waals surface area contributed by atoms with Crippen molar-refractivity contribution in [3.63, 3.8) is 0 Å². The van der Waals surface area contributed by atoms with E-state index in [1.54, 1.807) is 0 Å². The molecule has 176 valence electrons. The third-order valence-corrected chi connectivity index (χ3v) is 8.61. The molecule has 5 rings (SSSR count). The fourth-order valence-corrected chi connectivity index (χ4v) is 6.91. The maximum absolute atomic E-state index is 13.5. The average molecular weight is 476 g/mol. The number of benzene rings is 1. The Morgan fingerprint density at radius 2 is 1.65 bits per heavy atom. The van der Waals surface area contributed by atoms with Crippen molar-refractivity contribution in [2.45, 2.75) is 58.4 Å². The third kappa shape index (κ3) is 4.05. The van der Waals surface area contributed by atoms with Crippen LogP contribution in [0.15, 0.2) is 42.5 Å². The number of carboxylic acids is 1. The number of hydrogen-bond donors (Lipinski definition) is 2. The molecule has 2 fully saturated rings. The highest BCUT2D eigenvalue weighted by Gasteiger charge is 2.55. The standard InChI is InChI=1S/C28H29NO4S/c1-16-23(25(30)20-10-8-19(9-11-20)18-6-4-3-5-7-18)24(17(2)34-16)26(31)29-22-14-28(15-22)12-21(13-28)27(32)33/h4,6-11,21-22H,3,5,12-15H2,1-2H3,(H,29,31)(H,32,33). The second-order valence-electron chi connectivity index (χ2n) is 10.0. The van der Waals surface area contributed by atoms with Gasteiger partial charge in [0.1, 0.15) is 0 Å². The molecule has 0 saturated heterocycles. The number of carbonyl (C=O) groups excluding carboxylic acids is 2. The van der Waals surface area contributed by atoms with Gasteiger partial charge >= 0.3 is 5.97 Å². The van der Waals surface area contributed by atoms with Crippen molar-refractivity contribution < 1.29 is 19.5 Å². The van der Waals surface area contributed by atoms with Gasteiger partial charge in [-0.25, -0.2) is 0 Å². The van der Waals surface area contributed by atoms with E-state index in [1.807, 2.05) is 38.1 Å². The smallest absolute Gasteiger partial charge is 0.306 e. The van der Waals surface area contributed by atoms with Crippen molar-refractivity contribution in [3.05, 3.63) is 74.5 Å². The monoisotopic (exact) mass is 475 g/mol. The molecule has 1 amide bonds. The molecule has 0 aliphatic heterocycles. The maximum atomic E-state index is 13.5. The molecule has 0 atom stereocenters. The highest BCUT2D eigenvalue weighted by atomic mass is 32.1. The summed E-state index contributed by atoms with van der Waals surface area (Å²) < 4.78 is 0. The van der Waals surface area contributed by atoms with Crippen LogP contribution in [0.1, 0.15) is 80.1 Å². The summed E-state index contributed by atoms with van der Waals surface area (Å²) in [6.45, 7) is 3.78. The molecular weight excluding hydrogens is 446 g/mol. The van der Waals surface area contributed by atoms with Crippen molar-refractivity contribution in [1.82, 2.24) is 5.32 Å². The van der Waals surface area contributed by atoms with Gasteiger partial charge in [-0.15, -0.1) is 11.3 Å². The van der Waals surface area contributed by atoms with Gasteiger partial charge in [0, 0.05) is 26.9 Å². The van der Waals surface area contributed by atoms with E-state index in [1.165, 1.54) is 16.9 Å². The number of carbonyl (C=O) groups is 3.